The molecule has 18 heavy (non-hydrogen) atoms. The molecule has 1 N–H and O–H groups in total. The average Bonchev–Trinajstić information content (AvgIpc) is 2.57. The van der Waals surface area contributed by atoms with E-state index in [4.69, 9.17) is 4.74 Å². The van der Waals surface area contributed by atoms with Gasteiger partial charge in [-0.1, -0.05) is 0 Å². The van der Waals surface area contributed by atoms with Crippen molar-refractivity contribution in [1.82, 2.24) is 5.32 Å². The van der Waals surface area contributed by atoms with Gasteiger partial charge >= 0.3 is 6.03 Å². The molecule has 5 heteroatoms. The SMILES string of the molecule is CC(C)(C)Oc1ccc(N2CC(=O)NC2=O)cc1. The van der Waals surface area contributed by atoms with E-state index in [1.54, 1.807) is 24.3 Å². The maximum Gasteiger partial charge on any atom is 0.329 e. The van der Waals surface area contributed by atoms with Crippen LogP contribution in [0.2, 0.25) is 0 Å². The molecule has 1 saturated heterocycles. The molecule has 3 amide bonds. The van der Waals surface area contributed by atoms with Crippen LogP contribution in [0.4, 0.5) is 10.5 Å². The number of hydrogen-bond donors (Lipinski definition) is 1. The van der Waals surface area contributed by atoms with Gasteiger partial charge in [-0.25, -0.2) is 4.79 Å². The molecule has 2 rings (SSSR count). The first kappa shape index (κ1) is 12.4. The number of carbonyl (C=O) groups excluding carboxylic acids is 2. The van der Waals surface area contributed by atoms with Crippen LogP contribution in [0.15, 0.2) is 24.3 Å². The highest BCUT2D eigenvalue weighted by Gasteiger charge is 2.27. The second-order valence-electron chi connectivity index (χ2n) is 5.15. The number of benzene rings is 1. The minimum Gasteiger partial charge on any atom is -0.488 e. The Bertz CT molecular complexity index is 474. The molecular weight excluding hydrogens is 232 g/mol. The van der Waals surface area contributed by atoms with Crippen LogP contribution in [-0.4, -0.2) is 24.1 Å². The highest BCUT2D eigenvalue weighted by Crippen LogP contribution is 2.23. The highest BCUT2D eigenvalue weighted by atomic mass is 16.5. The minimum atomic E-state index is -0.385. The Labute approximate surface area is 106 Å². The van der Waals surface area contributed by atoms with E-state index in [0.29, 0.717) is 5.69 Å². The van der Waals surface area contributed by atoms with Gasteiger partial charge in [0.15, 0.2) is 0 Å². The van der Waals surface area contributed by atoms with Crippen LogP contribution in [0, 0.1) is 0 Å². The summed E-state index contributed by atoms with van der Waals surface area (Å²) in [7, 11) is 0. The first-order chi connectivity index (χ1) is 8.35. The van der Waals surface area contributed by atoms with Gasteiger partial charge in [-0.15, -0.1) is 0 Å². The maximum atomic E-state index is 11.5. The Balaban J connectivity index is 2.13. The molecule has 1 aromatic carbocycles. The molecule has 1 aliphatic rings. The van der Waals surface area contributed by atoms with E-state index in [1.807, 2.05) is 20.8 Å². The Kier molecular flexibility index (Phi) is 2.98. The van der Waals surface area contributed by atoms with Crippen LogP contribution in [0.1, 0.15) is 20.8 Å². The Hall–Kier alpha value is -2.04. The van der Waals surface area contributed by atoms with Gasteiger partial charge in [0.25, 0.3) is 0 Å². The molecular formula is C13H16N2O3. The van der Waals surface area contributed by atoms with Crippen molar-refractivity contribution in [2.24, 2.45) is 0 Å². The monoisotopic (exact) mass is 248 g/mol. The van der Waals surface area contributed by atoms with Crippen molar-refractivity contribution in [2.45, 2.75) is 26.4 Å². The summed E-state index contributed by atoms with van der Waals surface area (Å²) < 4.78 is 5.68. The number of rotatable bonds is 2. The van der Waals surface area contributed by atoms with Gasteiger partial charge in [0.2, 0.25) is 5.91 Å². The zero-order chi connectivity index (χ0) is 13.3. The molecule has 0 bridgehead atoms. The molecule has 1 fully saturated rings. The van der Waals surface area contributed by atoms with E-state index >= 15 is 0 Å². The minimum absolute atomic E-state index is 0.0678. The lowest BCUT2D eigenvalue weighted by atomic mass is 10.2. The van der Waals surface area contributed by atoms with Crippen LogP contribution >= 0.6 is 0 Å². The van der Waals surface area contributed by atoms with Crippen LogP contribution < -0.4 is 15.0 Å². The topological polar surface area (TPSA) is 58.6 Å². The molecule has 1 aliphatic heterocycles. The number of hydrogen-bond acceptors (Lipinski definition) is 3. The third-order valence-electron chi connectivity index (χ3n) is 2.37. The summed E-state index contributed by atoms with van der Waals surface area (Å²) in [6, 6.07) is 6.72. The molecule has 0 aromatic heterocycles. The van der Waals surface area contributed by atoms with Crippen molar-refractivity contribution in [3.63, 3.8) is 0 Å². The standard InChI is InChI=1S/C13H16N2O3/c1-13(2,3)18-10-6-4-9(5-7-10)15-8-11(16)14-12(15)17/h4-7H,8H2,1-3H3,(H,14,16,17). The van der Waals surface area contributed by atoms with E-state index in [0.717, 1.165) is 5.75 Å². The number of amides is 3. The van der Waals surface area contributed by atoms with Crippen LogP contribution in [-0.2, 0) is 4.79 Å². The number of anilines is 1. The molecule has 0 radical (unpaired) electrons. The Morgan fingerprint density at radius 2 is 1.78 bits per heavy atom. The van der Waals surface area contributed by atoms with Gasteiger partial charge < -0.3 is 4.74 Å². The van der Waals surface area contributed by atoms with E-state index < -0.39 is 0 Å². The van der Waals surface area contributed by atoms with Crippen LogP contribution in [0.3, 0.4) is 0 Å². The predicted octanol–water partition coefficient (Wildman–Crippen LogP) is 1.92. The third-order valence-corrected chi connectivity index (χ3v) is 2.37. The summed E-state index contributed by atoms with van der Waals surface area (Å²) in [4.78, 5) is 23.9. The zero-order valence-electron chi connectivity index (χ0n) is 10.7. The van der Waals surface area contributed by atoms with Gasteiger partial charge in [-0.2, -0.15) is 0 Å². The van der Waals surface area contributed by atoms with E-state index in [1.165, 1.54) is 4.90 Å². The van der Waals surface area contributed by atoms with Gasteiger partial charge in [-0.3, -0.25) is 15.0 Å². The summed E-state index contributed by atoms with van der Waals surface area (Å²) in [6.45, 7) is 5.97. The van der Waals surface area contributed by atoms with Gasteiger partial charge in [0.1, 0.15) is 17.9 Å². The fourth-order valence-electron chi connectivity index (χ4n) is 1.70. The maximum absolute atomic E-state index is 11.5. The summed E-state index contributed by atoms with van der Waals surface area (Å²) in [6.07, 6.45) is 0. The molecule has 96 valence electrons. The molecule has 0 atom stereocenters. The number of imide groups is 1. The van der Waals surface area contributed by atoms with E-state index in [-0.39, 0.29) is 24.1 Å². The lowest BCUT2D eigenvalue weighted by Crippen LogP contribution is -2.27. The summed E-state index contributed by atoms with van der Waals surface area (Å²) in [5, 5.41) is 2.24. The normalized spacial score (nSPS) is 15.8. The summed E-state index contributed by atoms with van der Waals surface area (Å²) in [5.74, 6) is 0.451. The van der Waals surface area contributed by atoms with E-state index in [9.17, 15) is 9.59 Å². The molecule has 0 saturated carbocycles. The predicted molar refractivity (Wildman–Crippen MR) is 67.7 cm³/mol. The third kappa shape index (κ3) is 2.80. The first-order valence-corrected chi connectivity index (χ1v) is 5.75. The van der Waals surface area contributed by atoms with Crippen molar-refractivity contribution in [3.05, 3.63) is 24.3 Å². The molecule has 0 spiro atoms. The van der Waals surface area contributed by atoms with E-state index in [2.05, 4.69) is 5.32 Å². The highest BCUT2D eigenvalue weighted by molar-refractivity contribution is 6.12. The number of nitrogens with zero attached hydrogens (tertiary/aromatic N) is 1. The second kappa shape index (κ2) is 4.33. The zero-order valence-corrected chi connectivity index (χ0v) is 10.7. The lowest BCUT2D eigenvalue weighted by molar-refractivity contribution is -0.117. The Morgan fingerprint density at radius 3 is 2.22 bits per heavy atom. The van der Waals surface area contributed by atoms with Gasteiger partial charge in [-0.05, 0) is 45.0 Å². The van der Waals surface area contributed by atoms with Crippen LogP contribution in [0.25, 0.3) is 0 Å². The summed E-state index contributed by atoms with van der Waals surface area (Å²) >= 11 is 0. The number of urea groups is 1. The lowest BCUT2D eigenvalue weighted by Gasteiger charge is -2.22. The molecule has 1 aromatic rings. The fraction of sp³-hybridized carbons (Fsp3) is 0.385. The summed E-state index contributed by atoms with van der Waals surface area (Å²) in [5.41, 5.74) is 0.419. The fourth-order valence-corrected chi connectivity index (χ4v) is 1.70. The molecule has 1 heterocycles. The number of nitrogens with one attached hydrogen (secondary N) is 1. The van der Waals surface area contributed by atoms with Crippen molar-refractivity contribution in [2.75, 3.05) is 11.4 Å². The molecule has 0 aliphatic carbocycles. The van der Waals surface area contributed by atoms with Crippen molar-refractivity contribution in [3.8, 4) is 5.75 Å². The first-order valence-electron chi connectivity index (χ1n) is 5.75. The number of carbonyl (C=O) groups is 2. The van der Waals surface area contributed by atoms with Crippen molar-refractivity contribution in [1.29, 1.82) is 0 Å². The van der Waals surface area contributed by atoms with Gasteiger partial charge in [0.05, 0.1) is 0 Å². The van der Waals surface area contributed by atoms with Crippen molar-refractivity contribution < 1.29 is 14.3 Å². The second-order valence-corrected chi connectivity index (χ2v) is 5.15. The number of ether oxygens (including phenoxy) is 1. The molecule has 0 unspecified atom stereocenters. The average molecular weight is 248 g/mol. The quantitative estimate of drug-likeness (QED) is 0.813. The largest absolute Gasteiger partial charge is 0.488 e. The smallest absolute Gasteiger partial charge is 0.329 e. The molecule has 5 nitrogen and oxygen atoms in total. The Morgan fingerprint density at radius 1 is 1.17 bits per heavy atom. The van der Waals surface area contributed by atoms with Crippen molar-refractivity contribution >= 4 is 17.6 Å². The van der Waals surface area contributed by atoms with Gasteiger partial charge in [0, 0.05) is 5.69 Å². The van der Waals surface area contributed by atoms with Crippen LogP contribution in [0.5, 0.6) is 5.75 Å².